The van der Waals surface area contributed by atoms with E-state index >= 15 is 0 Å². The molecule has 56 heavy (non-hydrogen) atoms. The summed E-state index contributed by atoms with van der Waals surface area (Å²) < 4.78 is 6.82. The van der Waals surface area contributed by atoms with Crippen LogP contribution in [0.25, 0.3) is 55.0 Å². The smallest absolute Gasteiger partial charge is 0.143 e. The van der Waals surface area contributed by atoms with Crippen LogP contribution in [0.15, 0.2) is 223 Å². The molecule has 10 rings (SSSR count). The molecule has 0 N–H and O–H groups in total. The number of para-hydroxylation sites is 1. The van der Waals surface area contributed by atoms with Crippen LogP contribution >= 0.6 is 0 Å². The van der Waals surface area contributed by atoms with Crippen molar-refractivity contribution < 1.29 is 4.42 Å². The summed E-state index contributed by atoms with van der Waals surface area (Å²) >= 11 is 0. The van der Waals surface area contributed by atoms with E-state index in [-0.39, 0.29) is 0 Å². The molecule has 0 saturated heterocycles. The van der Waals surface area contributed by atoms with Crippen LogP contribution in [0.1, 0.15) is 23.6 Å². The summed E-state index contributed by atoms with van der Waals surface area (Å²) in [5.41, 5.74) is 13.8. The van der Waals surface area contributed by atoms with Gasteiger partial charge >= 0.3 is 0 Å². The van der Waals surface area contributed by atoms with Gasteiger partial charge in [-0.15, -0.1) is 0 Å². The molecule has 0 fully saturated rings. The lowest BCUT2D eigenvalue weighted by Crippen LogP contribution is -2.29. The van der Waals surface area contributed by atoms with Crippen molar-refractivity contribution in [2.24, 2.45) is 0 Å². The molecule has 8 aromatic carbocycles. The fourth-order valence-corrected chi connectivity index (χ4v) is 9.00. The number of anilines is 3. The fourth-order valence-electron chi connectivity index (χ4n) is 9.00. The maximum absolute atomic E-state index is 6.82. The Hall–Kier alpha value is -7.16. The number of hydrogen-bond donors (Lipinski definition) is 0. The van der Waals surface area contributed by atoms with Gasteiger partial charge in [-0.2, -0.15) is 0 Å². The van der Waals surface area contributed by atoms with Gasteiger partial charge in [0.15, 0.2) is 0 Å². The average molecular weight is 718 g/mol. The maximum Gasteiger partial charge on any atom is 0.143 e. The molecule has 0 aliphatic heterocycles. The summed E-state index contributed by atoms with van der Waals surface area (Å²) in [5, 5.41) is 4.65. The second kappa shape index (κ2) is 13.6. The van der Waals surface area contributed by atoms with E-state index in [4.69, 9.17) is 4.42 Å². The standard InChI is InChI=1S/C54H39NO/c1-3-15-41(16-4-2)54(42-21-9-6-10-22-42)49-34-33-47-46-23-13-14-24-51(46)56-53(47)52(49)48-32-31-45(36-50(48)54)55(44-30-27-38-19-11-12-20-40(38)35-44)43-28-25-39(26-29-43)37-17-7-5-8-18-37/h3-36H,1H2,2H3/b16-4-,41-15+. The minimum absolute atomic E-state index is 0.665. The van der Waals surface area contributed by atoms with Gasteiger partial charge < -0.3 is 9.32 Å². The van der Waals surface area contributed by atoms with E-state index < -0.39 is 5.41 Å². The van der Waals surface area contributed by atoms with Gasteiger partial charge in [0.1, 0.15) is 11.2 Å². The van der Waals surface area contributed by atoms with Gasteiger partial charge in [0.25, 0.3) is 0 Å². The highest BCUT2D eigenvalue weighted by Gasteiger charge is 2.48. The summed E-state index contributed by atoms with van der Waals surface area (Å²) in [6.07, 6.45) is 8.46. The number of nitrogens with zero attached hydrogens (tertiary/aromatic N) is 1. The van der Waals surface area contributed by atoms with E-state index in [1.54, 1.807) is 0 Å². The lowest BCUT2D eigenvalue weighted by Gasteiger charge is -2.35. The van der Waals surface area contributed by atoms with E-state index in [0.29, 0.717) is 0 Å². The minimum atomic E-state index is -0.665. The zero-order valence-corrected chi connectivity index (χ0v) is 31.2. The quantitative estimate of drug-likeness (QED) is 0.146. The number of hydrogen-bond acceptors (Lipinski definition) is 2. The Morgan fingerprint density at radius 2 is 1.23 bits per heavy atom. The predicted molar refractivity (Wildman–Crippen MR) is 236 cm³/mol. The van der Waals surface area contributed by atoms with Crippen LogP contribution in [0.2, 0.25) is 0 Å². The van der Waals surface area contributed by atoms with Gasteiger partial charge in [0, 0.05) is 33.4 Å². The van der Waals surface area contributed by atoms with Crippen molar-refractivity contribution in [1.29, 1.82) is 0 Å². The van der Waals surface area contributed by atoms with Crippen molar-refractivity contribution in [3.8, 4) is 22.3 Å². The monoisotopic (exact) mass is 717 g/mol. The third kappa shape index (κ3) is 5.18. The first-order chi connectivity index (χ1) is 27.7. The molecule has 0 amide bonds. The molecule has 1 aliphatic carbocycles. The summed E-state index contributed by atoms with van der Waals surface area (Å²) in [4.78, 5) is 2.39. The molecule has 1 atom stereocenters. The second-order valence-electron chi connectivity index (χ2n) is 14.4. The Labute approximate surface area is 327 Å². The molecule has 0 bridgehead atoms. The lowest BCUT2D eigenvalue weighted by molar-refractivity contribution is 0.669. The van der Waals surface area contributed by atoms with Gasteiger partial charge in [0.05, 0.1) is 5.41 Å². The zero-order chi connectivity index (χ0) is 37.6. The van der Waals surface area contributed by atoms with Crippen molar-refractivity contribution >= 4 is 49.8 Å². The topological polar surface area (TPSA) is 16.4 Å². The third-order valence-corrected chi connectivity index (χ3v) is 11.4. The molecular weight excluding hydrogens is 679 g/mol. The molecule has 1 heterocycles. The second-order valence-corrected chi connectivity index (χ2v) is 14.4. The van der Waals surface area contributed by atoms with Crippen LogP contribution in [0, 0.1) is 0 Å². The molecule has 0 spiro atoms. The zero-order valence-electron chi connectivity index (χ0n) is 31.2. The highest BCUT2D eigenvalue weighted by Crippen LogP contribution is 2.60. The van der Waals surface area contributed by atoms with Crippen LogP contribution in [-0.2, 0) is 5.41 Å². The molecule has 0 saturated carbocycles. The van der Waals surface area contributed by atoms with Crippen LogP contribution in [0.3, 0.4) is 0 Å². The number of rotatable bonds is 8. The Balaban J connectivity index is 1.28. The van der Waals surface area contributed by atoms with Crippen LogP contribution in [0.4, 0.5) is 17.1 Å². The SMILES string of the molecule is C=C/C=C(\C=C/C)C1(c2ccccc2)c2cc(N(c3ccc(-c4ccccc4)cc3)c3ccc4ccccc4c3)ccc2-c2c1ccc1c2oc2ccccc21. The Morgan fingerprint density at radius 1 is 0.571 bits per heavy atom. The lowest BCUT2D eigenvalue weighted by atomic mass is 9.66. The summed E-state index contributed by atoms with van der Waals surface area (Å²) in [6, 6.07) is 65.7. The Bertz CT molecular complexity index is 2990. The first-order valence-electron chi connectivity index (χ1n) is 19.2. The number of benzene rings is 8. The molecule has 0 radical (unpaired) electrons. The Morgan fingerprint density at radius 3 is 2.02 bits per heavy atom. The third-order valence-electron chi connectivity index (χ3n) is 11.4. The Kier molecular flexibility index (Phi) is 8.12. The molecule has 1 unspecified atom stereocenters. The fraction of sp³-hybridized carbons (Fsp3) is 0.0370. The molecule has 2 heteroatoms. The number of furan rings is 1. The normalized spacial score (nSPS) is 15.1. The first kappa shape index (κ1) is 33.4. The van der Waals surface area contributed by atoms with Gasteiger partial charge in [-0.05, 0) is 99.1 Å². The van der Waals surface area contributed by atoms with Crippen molar-refractivity contribution in [2.45, 2.75) is 12.3 Å². The molecular formula is C54H39NO. The summed E-state index contributed by atoms with van der Waals surface area (Å²) in [6.45, 7) is 6.30. The van der Waals surface area contributed by atoms with Crippen LogP contribution in [0.5, 0.6) is 0 Å². The average Bonchev–Trinajstić information content (AvgIpc) is 3.78. The van der Waals surface area contributed by atoms with E-state index in [1.165, 1.54) is 38.6 Å². The number of allylic oxidation sites excluding steroid dienone is 5. The van der Waals surface area contributed by atoms with Crippen molar-refractivity contribution in [1.82, 2.24) is 0 Å². The van der Waals surface area contributed by atoms with Crippen LogP contribution < -0.4 is 4.90 Å². The van der Waals surface area contributed by atoms with Crippen molar-refractivity contribution in [3.05, 3.63) is 235 Å². The van der Waals surface area contributed by atoms with E-state index in [2.05, 4.69) is 213 Å². The first-order valence-corrected chi connectivity index (χ1v) is 19.2. The highest BCUT2D eigenvalue weighted by molar-refractivity contribution is 6.12. The highest BCUT2D eigenvalue weighted by atomic mass is 16.3. The molecule has 1 aromatic heterocycles. The maximum atomic E-state index is 6.82. The van der Waals surface area contributed by atoms with Gasteiger partial charge in [-0.1, -0.05) is 170 Å². The largest absolute Gasteiger partial charge is 0.455 e. The van der Waals surface area contributed by atoms with Gasteiger partial charge in [0.2, 0.25) is 0 Å². The van der Waals surface area contributed by atoms with Crippen molar-refractivity contribution in [2.75, 3.05) is 4.90 Å². The molecule has 266 valence electrons. The van der Waals surface area contributed by atoms with E-state index in [1.807, 2.05) is 12.1 Å². The van der Waals surface area contributed by atoms with Crippen LogP contribution in [-0.4, -0.2) is 0 Å². The number of fused-ring (bicyclic) bond motifs is 8. The van der Waals surface area contributed by atoms with Gasteiger partial charge in [-0.25, -0.2) is 0 Å². The molecule has 1 aliphatic rings. The van der Waals surface area contributed by atoms with Gasteiger partial charge in [-0.3, -0.25) is 0 Å². The summed E-state index contributed by atoms with van der Waals surface area (Å²) in [5.74, 6) is 0. The van der Waals surface area contributed by atoms with E-state index in [9.17, 15) is 0 Å². The predicted octanol–water partition coefficient (Wildman–Crippen LogP) is 14.9. The van der Waals surface area contributed by atoms with E-state index in [0.717, 1.165) is 55.7 Å². The summed E-state index contributed by atoms with van der Waals surface area (Å²) in [7, 11) is 0. The molecule has 2 nitrogen and oxygen atoms in total. The molecule has 9 aromatic rings. The van der Waals surface area contributed by atoms with Crippen molar-refractivity contribution in [3.63, 3.8) is 0 Å². The minimum Gasteiger partial charge on any atom is -0.455 e.